The van der Waals surface area contributed by atoms with Crippen molar-refractivity contribution >= 4 is 21.0 Å². The Morgan fingerprint density at radius 3 is 2.30 bits per heavy atom. The number of amides is 1. The van der Waals surface area contributed by atoms with E-state index in [0.29, 0.717) is 5.82 Å². The Labute approximate surface area is 141 Å². The Morgan fingerprint density at radius 2 is 1.83 bits per heavy atom. The third-order valence-electron chi connectivity index (χ3n) is 2.91. The second-order valence-electron chi connectivity index (χ2n) is 8.03. The molecule has 1 aromatic heterocycles. The van der Waals surface area contributed by atoms with Gasteiger partial charge in [-0.05, 0) is 57.0 Å². The normalized spacial score (nSPS) is 13.8. The Balaban J connectivity index is 2.96. The van der Waals surface area contributed by atoms with Gasteiger partial charge in [0, 0.05) is 6.20 Å². The number of carbonyl (C=O) groups is 1. The number of nitrogens with zero attached hydrogens (tertiary/aromatic N) is 1. The Hall–Kier alpha value is -1.40. The highest BCUT2D eigenvalue weighted by Crippen LogP contribution is 2.37. The predicted molar refractivity (Wildman–Crippen MR) is 96.3 cm³/mol. The third-order valence-corrected chi connectivity index (χ3v) is 3.73. The van der Waals surface area contributed by atoms with Crippen LogP contribution in [0, 0.1) is 5.41 Å². The molecular formula is C17H30N2O3Si. The lowest BCUT2D eigenvalue weighted by molar-refractivity contribution is 0.0635. The van der Waals surface area contributed by atoms with Gasteiger partial charge in [-0.1, -0.05) is 20.8 Å². The summed E-state index contributed by atoms with van der Waals surface area (Å²) in [5, 5.41) is 2.68. The molecule has 0 bridgehead atoms. The van der Waals surface area contributed by atoms with Crippen molar-refractivity contribution in [2.45, 2.75) is 66.3 Å². The molecule has 130 valence electrons. The molecule has 0 saturated heterocycles. The topological polar surface area (TPSA) is 60.5 Å². The Kier molecular flexibility index (Phi) is 6.36. The van der Waals surface area contributed by atoms with Crippen molar-refractivity contribution in [3.63, 3.8) is 0 Å². The zero-order valence-corrected chi connectivity index (χ0v) is 16.7. The van der Waals surface area contributed by atoms with E-state index in [4.69, 9.17) is 9.16 Å². The second kappa shape index (κ2) is 7.44. The minimum Gasteiger partial charge on any atom is -0.444 e. The van der Waals surface area contributed by atoms with Crippen molar-refractivity contribution in [1.29, 1.82) is 0 Å². The van der Waals surface area contributed by atoms with Gasteiger partial charge in [0.2, 0.25) is 0 Å². The lowest BCUT2D eigenvalue weighted by Crippen LogP contribution is -2.28. The number of hydrogen-bond donors (Lipinski definition) is 1. The highest BCUT2D eigenvalue weighted by atomic mass is 28.3. The average Bonchev–Trinajstić information content (AvgIpc) is 2.32. The van der Waals surface area contributed by atoms with Crippen molar-refractivity contribution in [2.75, 3.05) is 5.32 Å². The van der Waals surface area contributed by atoms with Crippen LogP contribution in [0.2, 0.25) is 13.1 Å². The fraction of sp³-hybridized carbons (Fsp3) is 0.647. The number of ether oxygens (including phenoxy) is 1. The molecule has 5 nitrogen and oxygen atoms in total. The molecule has 1 aromatic rings. The van der Waals surface area contributed by atoms with Gasteiger partial charge in [-0.15, -0.1) is 0 Å². The fourth-order valence-corrected chi connectivity index (χ4v) is 3.25. The summed E-state index contributed by atoms with van der Waals surface area (Å²) in [7, 11) is -1.20. The minimum atomic E-state index is -1.20. The van der Waals surface area contributed by atoms with Gasteiger partial charge in [0.1, 0.15) is 11.4 Å². The van der Waals surface area contributed by atoms with Crippen molar-refractivity contribution in [1.82, 2.24) is 4.98 Å². The number of hydrogen-bond acceptors (Lipinski definition) is 4. The number of anilines is 1. The molecule has 1 heterocycles. The molecule has 0 saturated carbocycles. The molecule has 0 aromatic carbocycles. The van der Waals surface area contributed by atoms with E-state index in [1.54, 1.807) is 6.20 Å². The maximum Gasteiger partial charge on any atom is 0.413 e. The van der Waals surface area contributed by atoms with E-state index in [0.717, 1.165) is 5.56 Å². The molecule has 1 unspecified atom stereocenters. The Morgan fingerprint density at radius 1 is 1.22 bits per heavy atom. The van der Waals surface area contributed by atoms with Gasteiger partial charge in [0.05, 0.1) is 6.10 Å². The summed E-state index contributed by atoms with van der Waals surface area (Å²) in [6, 6.07) is 3.80. The molecule has 0 spiro atoms. The van der Waals surface area contributed by atoms with Crippen molar-refractivity contribution in [2.24, 2.45) is 5.41 Å². The summed E-state index contributed by atoms with van der Waals surface area (Å²) >= 11 is 0. The molecule has 0 aliphatic carbocycles. The molecule has 6 heteroatoms. The highest BCUT2D eigenvalue weighted by molar-refractivity contribution is 6.48. The number of carbonyl (C=O) groups excluding carboxylic acids is 1. The number of pyridine rings is 1. The first kappa shape index (κ1) is 19.6. The quantitative estimate of drug-likeness (QED) is 0.820. The van der Waals surface area contributed by atoms with E-state index < -0.39 is 20.7 Å². The predicted octanol–water partition coefficient (Wildman–Crippen LogP) is 4.52. The SMILES string of the molecule is C[SiH](C)OC(c1ccnc(NC(=O)OC(C)(C)C)c1)C(C)(C)C. The van der Waals surface area contributed by atoms with Gasteiger partial charge in [0.15, 0.2) is 9.04 Å². The maximum atomic E-state index is 11.9. The molecule has 1 rings (SSSR count). The summed E-state index contributed by atoms with van der Waals surface area (Å²) in [4.78, 5) is 16.1. The van der Waals surface area contributed by atoms with E-state index in [2.05, 4.69) is 44.2 Å². The van der Waals surface area contributed by atoms with Crippen LogP contribution in [0.1, 0.15) is 53.2 Å². The standard InChI is InChI=1S/C17H30N2O3Si/c1-16(2,3)14(22-23(7)8)12-9-10-18-13(11-12)19-15(20)21-17(4,5)6/h9-11,14,23H,1-8H3,(H,18,19,20). The highest BCUT2D eigenvalue weighted by Gasteiger charge is 2.28. The van der Waals surface area contributed by atoms with E-state index in [1.165, 1.54) is 0 Å². The van der Waals surface area contributed by atoms with Crippen LogP contribution in [-0.4, -0.2) is 25.7 Å². The molecular weight excluding hydrogens is 308 g/mol. The summed E-state index contributed by atoms with van der Waals surface area (Å²) in [6.45, 7) is 16.2. The first-order chi connectivity index (χ1) is 10.4. The molecule has 23 heavy (non-hydrogen) atoms. The first-order valence-corrected chi connectivity index (χ1v) is 10.8. The van der Waals surface area contributed by atoms with Crippen LogP contribution >= 0.6 is 0 Å². The van der Waals surface area contributed by atoms with Gasteiger partial charge in [0.25, 0.3) is 0 Å². The molecule has 0 aliphatic rings. The van der Waals surface area contributed by atoms with Gasteiger partial charge < -0.3 is 9.16 Å². The van der Waals surface area contributed by atoms with E-state index in [9.17, 15) is 4.79 Å². The van der Waals surface area contributed by atoms with Crippen molar-refractivity contribution in [3.05, 3.63) is 23.9 Å². The molecule has 0 fully saturated rings. The third kappa shape index (κ3) is 7.13. The number of aromatic nitrogens is 1. The van der Waals surface area contributed by atoms with Crippen LogP contribution < -0.4 is 5.32 Å². The lowest BCUT2D eigenvalue weighted by Gasteiger charge is -2.33. The van der Waals surface area contributed by atoms with Crippen LogP contribution in [0.3, 0.4) is 0 Å². The largest absolute Gasteiger partial charge is 0.444 e. The van der Waals surface area contributed by atoms with Gasteiger partial charge in [-0.3, -0.25) is 5.32 Å². The number of rotatable bonds is 4. The van der Waals surface area contributed by atoms with Crippen LogP contribution in [0.5, 0.6) is 0 Å². The minimum absolute atomic E-state index is 0.0312. The summed E-state index contributed by atoms with van der Waals surface area (Å²) in [5.74, 6) is 0.472. The molecule has 1 amide bonds. The van der Waals surface area contributed by atoms with Crippen LogP contribution in [-0.2, 0) is 9.16 Å². The maximum absolute atomic E-state index is 11.9. The summed E-state index contributed by atoms with van der Waals surface area (Å²) in [6.07, 6.45) is 1.15. The molecule has 1 N–H and O–H groups in total. The van der Waals surface area contributed by atoms with Gasteiger partial charge in [-0.25, -0.2) is 9.78 Å². The zero-order chi connectivity index (χ0) is 17.8. The molecule has 1 atom stereocenters. The Bertz CT molecular complexity index is 533. The van der Waals surface area contributed by atoms with E-state index in [-0.39, 0.29) is 11.5 Å². The van der Waals surface area contributed by atoms with Gasteiger partial charge >= 0.3 is 6.09 Å². The number of nitrogens with one attached hydrogen (secondary N) is 1. The zero-order valence-electron chi connectivity index (χ0n) is 15.6. The fourth-order valence-electron chi connectivity index (χ4n) is 2.14. The van der Waals surface area contributed by atoms with Crippen LogP contribution in [0.4, 0.5) is 10.6 Å². The average molecular weight is 339 g/mol. The van der Waals surface area contributed by atoms with E-state index in [1.807, 2.05) is 32.9 Å². The summed E-state index contributed by atoms with van der Waals surface area (Å²) < 4.78 is 11.5. The second-order valence-corrected chi connectivity index (χ2v) is 10.4. The van der Waals surface area contributed by atoms with Gasteiger partial charge in [-0.2, -0.15) is 0 Å². The van der Waals surface area contributed by atoms with E-state index >= 15 is 0 Å². The molecule has 0 aliphatic heterocycles. The lowest BCUT2D eigenvalue weighted by atomic mass is 9.85. The van der Waals surface area contributed by atoms with Crippen LogP contribution in [0.15, 0.2) is 18.3 Å². The van der Waals surface area contributed by atoms with Crippen molar-refractivity contribution in [3.8, 4) is 0 Å². The molecule has 0 radical (unpaired) electrons. The monoisotopic (exact) mass is 338 g/mol. The van der Waals surface area contributed by atoms with Crippen molar-refractivity contribution < 1.29 is 14.0 Å². The smallest absolute Gasteiger partial charge is 0.413 e. The first-order valence-electron chi connectivity index (χ1n) is 8.00. The van der Waals surface area contributed by atoms with Crippen LogP contribution in [0.25, 0.3) is 0 Å². The summed E-state index contributed by atoms with van der Waals surface area (Å²) in [5.41, 5.74) is 0.434.